The van der Waals surface area contributed by atoms with Gasteiger partial charge in [-0.25, -0.2) is 0 Å². The summed E-state index contributed by atoms with van der Waals surface area (Å²) in [6, 6.07) is 5.24. The van der Waals surface area contributed by atoms with Gasteiger partial charge in [0.1, 0.15) is 0 Å². The fourth-order valence-electron chi connectivity index (χ4n) is 1.62. The van der Waals surface area contributed by atoms with Crippen molar-refractivity contribution in [3.63, 3.8) is 0 Å². The summed E-state index contributed by atoms with van der Waals surface area (Å²) in [5.41, 5.74) is 1.33. The van der Waals surface area contributed by atoms with Crippen LogP contribution in [0.3, 0.4) is 0 Å². The van der Waals surface area contributed by atoms with Crippen LogP contribution in [-0.2, 0) is 4.79 Å². The van der Waals surface area contributed by atoms with Crippen LogP contribution in [-0.4, -0.2) is 33.7 Å². The van der Waals surface area contributed by atoms with Crippen molar-refractivity contribution in [3.8, 4) is 0 Å². The lowest BCUT2D eigenvalue weighted by atomic mass is 10.1. The summed E-state index contributed by atoms with van der Waals surface area (Å²) < 4.78 is 0. The van der Waals surface area contributed by atoms with E-state index in [9.17, 15) is 9.59 Å². The maximum atomic E-state index is 11.8. The number of aromatic amines is 1. The topological polar surface area (TPSA) is 95.1 Å². The standard InChI is InChI=1S/C12H13N3O3/c16-11(17)2-1-5-13-12(18)8-3-4-9-7-14-15-10(9)6-8/h3-4,6-7H,1-2,5H2,(H,13,18)(H,14,15)(H,16,17). The number of amides is 1. The first-order chi connectivity index (χ1) is 8.66. The zero-order valence-corrected chi connectivity index (χ0v) is 9.64. The maximum absolute atomic E-state index is 11.8. The Labute approximate surface area is 103 Å². The van der Waals surface area contributed by atoms with Crippen LogP contribution < -0.4 is 5.32 Å². The molecular weight excluding hydrogens is 234 g/mol. The van der Waals surface area contributed by atoms with E-state index in [0.29, 0.717) is 18.5 Å². The van der Waals surface area contributed by atoms with Crippen LogP contribution in [0, 0.1) is 0 Å². The molecule has 94 valence electrons. The lowest BCUT2D eigenvalue weighted by Crippen LogP contribution is -2.24. The molecule has 2 aromatic rings. The first-order valence-corrected chi connectivity index (χ1v) is 5.60. The number of carboxylic acids is 1. The molecule has 6 heteroatoms. The second-order valence-electron chi connectivity index (χ2n) is 3.93. The van der Waals surface area contributed by atoms with Crippen molar-refractivity contribution < 1.29 is 14.7 Å². The number of nitrogens with one attached hydrogen (secondary N) is 2. The molecule has 0 atom stereocenters. The Kier molecular flexibility index (Phi) is 3.57. The zero-order valence-electron chi connectivity index (χ0n) is 9.64. The molecule has 0 aliphatic carbocycles. The van der Waals surface area contributed by atoms with Gasteiger partial charge in [-0.15, -0.1) is 0 Å². The summed E-state index contributed by atoms with van der Waals surface area (Å²) in [5.74, 6) is -1.07. The summed E-state index contributed by atoms with van der Waals surface area (Å²) in [7, 11) is 0. The molecule has 1 aromatic carbocycles. The SMILES string of the molecule is O=C(O)CCCNC(=O)c1ccc2cn[nH]c2c1. The predicted molar refractivity (Wildman–Crippen MR) is 65.3 cm³/mol. The van der Waals surface area contributed by atoms with Crippen molar-refractivity contribution >= 4 is 22.8 Å². The smallest absolute Gasteiger partial charge is 0.303 e. The number of carboxylic acid groups (broad SMARTS) is 1. The number of carbonyl (C=O) groups excluding carboxylic acids is 1. The first-order valence-electron chi connectivity index (χ1n) is 5.60. The van der Waals surface area contributed by atoms with Crippen molar-refractivity contribution in [1.29, 1.82) is 0 Å². The molecule has 6 nitrogen and oxygen atoms in total. The number of hydrogen-bond donors (Lipinski definition) is 3. The molecule has 1 amide bonds. The van der Waals surface area contributed by atoms with Crippen LogP contribution in [0.2, 0.25) is 0 Å². The Hall–Kier alpha value is -2.37. The van der Waals surface area contributed by atoms with Gasteiger partial charge in [0.25, 0.3) is 5.91 Å². The largest absolute Gasteiger partial charge is 0.481 e. The highest BCUT2D eigenvalue weighted by Gasteiger charge is 2.06. The monoisotopic (exact) mass is 247 g/mol. The molecule has 0 spiro atoms. The van der Waals surface area contributed by atoms with E-state index in [2.05, 4.69) is 15.5 Å². The highest BCUT2D eigenvalue weighted by Crippen LogP contribution is 2.12. The van der Waals surface area contributed by atoms with Crippen molar-refractivity contribution in [2.75, 3.05) is 6.54 Å². The van der Waals surface area contributed by atoms with Gasteiger partial charge in [-0.3, -0.25) is 14.7 Å². The summed E-state index contributed by atoms with van der Waals surface area (Å²) in [6.07, 6.45) is 2.16. The number of aliphatic carboxylic acids is 1. The normalized spacial score (nSPS) is 10.4. The van der Waals surface area contributed by atoms with E-state index >= 15 is 0 Å². The number of H-pyrrole nitrogens is 1. The molecule has 1 aromatic heterocycles. The highest BCUT2D eigenvalue weighted by atomic mass is 16.4. The number of fused-ring (bicyclic) bond motifs is 1. The summed E-state index contributed by atoms with van der Waals surface area (Å²) >= 11 is 0. The quantitative estimate of drug-likeness (QED) is 0.691. The maximum Gasteiger partial charge on any atom is 0.303 e. The van der Waals surface area contributed by atoms with Gasteiger partial charge >= 0.3 is 5.97 Å². The van der Waals surface area contributed by atoms with Crippen molar-refractivity contribution in [1.82, 2.24) is 15.5 Å². The minimum atomic E-state index is -0.858. The predicted octanol–water partition coefficient (Wildman–Crippen LogP) is 1.16. The molecule has 0 radical (unpaired) electrons. The molecule has 0 bridgehead atoms. The van der Waals surface area contributed by atoms with Gasteiger partial charge in [-0.05, 0) is 18.6 Å². The molecule has 0 saturated carbocycles. The zero-order chi connectivity index (χ0) is 13.0. The van der Waals surface area contributed by atoms with Crippen LogP contribution in [0.4, 0.5) is 0 Å². The van der Waals surface area contributed by atoms with Crippen LogP contribution in [0.15, 0.2) is 24.4 Å². The third kappa shape index (κ3) is 2.85. The number of hydrogen-bond acceptors (Lipinski definition) is 3. The minimum absolute atomic E-state index is 0.0554. The second kappa shape index (κ2) is 5.31. The van der Waals surface area contributed by atoms with E-state index < -0.39 is 5.97 Å². The fourth-order valence-corrected chi connectivity index (χ4v) is 1.62. The minimum Gasteiger partial charge on any atom is -0.481 e. The molecule has 18 heavy (non-hydrogen) atoms. The van der Waals surface area contributed by atoms with E-state index in [1.807, 2.05) is 6.07 Å². The fraction of sp³-hybridized carbons (Fsp3) is 0.250. The van der Waals surface area contributed by atoms with E-state index in [-0.39, 0.29) is 12.3 Å². The van der Waals surface area contributed by atoms with Crippen LogP contribution in [0.25, 0.3) is 10.9 Å². The van der Waals surface area contributed by atoms with E-state index in [1.54, 1.807) is 18.3 Å². The summed E-state index contributed by atoms with van der Waals surface area (Å²) in [4.78, 5) is 22.1. The lowest BCUT2D eigenvalue weighted by molar-refractivity contribution is -0.137. The average molecular weight is 247 g/mol. The first kappa shape index (κ1) is 12.1. The molecule has 2 rings (SSSR count). The van der Waals surface area contributed by atoms with Crippen LogP contribution in [0.1, 0.15) is 23.2 Å². The van der Waals surface area contributed by atoms with Crippen LogP contribution >= 0.6 is 0 Å². The lowest BCUT2D eigenvalue weighted by Gasteiger charge is -2.04. The van der Waals surface area contributed by atoms with Gasteiger partial charge in [-0.2, -0.15) is 5.10 Å². The van der Waals surface area contributed by atoms with E-state index in [0.717, 1.165) is 10.9 Å². The molecular formula is C12H13N3O3. The van der Waals surface area contributed by atoms with Gasteiger partial charge in [0, 0.05) is 23.9 Å². The van der Waals surface area contributed by atoms with Gasteiger partial charge in [0.2, 0.25) is 0 Å². The molecule has 0 aliphatic heterocycles. The number of aromatic nitrogens is 2. The summed E-state index contributed by atoms with van der Waals surface area (Å²) in [5, 5.41) is 18.7. The Balaban J connectivity index is 1.93. The van der Waals surface area contributed by atoms with Gasteiger partial charge in [-0.1, -0.05) is 6.07 Å². The van der Waals surface area contributed by atoms with Gasteiger partial charge in [0.05, 0.1) is 11.7 Å². The Morgan fingerprint density at radius 2 is 2.22 bits per heavy atom. The summed E-state index contributed by atoms with van der Waals surface area (Å²) in [6.45, 7) is 0.353. The Bertz CT molecular complexity index is 577. The number of carbonyl (C=O) groups is 2. The average Bonchev–Trinajstić information content (AvgIpc) is 2.81. The number of benzene rings is 1. The van der Waals surface area contributed by atoms with Gasteiger partial charge < -0.3 is 10.4 Å². The molecule has 3 N–H and O–H groups in total. The molecule has 0 aliphatic rings. The van der Waals surface area contributed by atoms with E-state index in [1.165, 1.54) is 0 Å². The van der Waals surface area contributed by atoms with Crippen LogP contribution in [0.5, 0.6) is 0 Å². The molecule has 0 fully saturated rings. The Morgan fingerprint density at radius 1 is 1.39 bits per heavy atom. The van der Waals surface area contributed by atoms with E-state index in [4.69, 9.17) is 5.11 Å². The Morgan fingerprint density at radius 3 is 3.00 bits per heavy atom. The third-order valence-electron chi connectivity index (χ3n) is 2.56. The molecule has 1 heterocycles. The number of nitrogens with zero attached hydrogens (tertiary/aromatic N) is 1. The van der Waals surface area contributed by atoms with Crippen molar-refractivity contribution in [2.24, 2.45) is 0 Å². The second-order valence-corrected chi connectivity index (χ2v) is 3.93. The van der Waals surface area contributed by atoms with Gasteiger partial charge in [0.15, 0.2) is 0 Å². The molecule has 0 unspecified atom stereocenters. The van der Waals surface area contributed by atoms with Crippen molar-refractivity contribution in [2.45, 2.75) is 12.8 Å². The molecule has 0 saturated heterocycles. The number of rotatable bonds is 5. The highest BCUT2D eigenvalue weighted by molar-refractivity contribution is 5.97. The van der Waals surface area contributed by atoms with Crippen molar-refractivity contribution in [3.05, 3.63) is 30.0 Å². The third-order valence-corrected chi connectivity index (χ3v) is 2.56.